The standard InChI is InChI=1S/C11H14.CH4/c1-9-5-4-7-10-6-2-3-8-11(9)10;/h2-3,6,8-9H,4-5,7H2,1H3;1H4/t9-;/m1./s1. The summed E-state index contributed by atoms with van der Waals surface area (Å²) in [6.07, 6.45) is 4.04. The first kappa shape index (κ1) is 9.31. The van der Waals surface area contributed by atoms with Crippen molar-refractivity contribution in [2.45, 2.75) is 39.5 Å². The third-order valence-electron chi connectivity index (χ3n) is 2.67. The largest absolute Gasteiger partial charge is 0.0776 e. The van der Waals surface area contributed by atoms with E-state index in [0.717, 1.165) is 5.92 Å². The van der Waals surface area contributed by atoms with Gasteiger partial charge in [0, 0.05) is 0 Å². The molecule has 1 aliphatic rings. The summed E-state index contributed by atoms with van der Waals surface area (Å²) in [7, 11) is 0. The van der Waals surface area contributed by atoms with Gasteiger partial charge in [0.25, 0.3) is 0 Å². The van der Waals surface area contributed by atoms with Crippen molar-refractivity contribution >= 4 is 0 Å². The molecule has 1 atom stereocenters. The lowest BCUT2D eigenvalue weighted by Gasteiger charge is -2.21. The first-order valence-corrected chi connectivity index (χ1v) is 4.46. The average Bonchev–Trinajstić information content (AvgIpc) is 2.06. The lowest BCUT2D eigenvalue weighted by molar-refractivity contribution is 0.590. The molecule has 0 amide bonds. The van der Waals surface area contributed by atoms with Crippen molar-refractivity contribution in [2.24, 2.45) is 0 Å². The van der Waals surface area contributed by atoms with Gasteiger partial charge in [-0.05, 0) is 36.3 Å². The second kappa shape index (κ2) is 3.75. The fourth-order valence-corrected chi connectivity index (χ4v) is 2.00. The first-order valence-electron chi connectivity index (χ1n) is 4.46. The predicted octanol–water partition coefficient (Wildman–Crippen LogP) is 3.76. The van der Waals surface area contributed by atoms with Crippen molar-refractivity contribution in [2.75, 3.05) is 0 Å². The molecule has 0 fully saturated rings. The van der Waals surface area contributed by atoms with Gasteiger partial charge in [-0.15, -0.1) is 0 Å². The van der Waals surface area contributed by atoms with Crippen LogP contribution in [0.5, 0.6) is 0 Å². The van der Waals surface area contributed by atoms with E-state index in [1.54, 1.807) is 11.1 Å². The Morgan fingerprint density at radius 2 is 2.00 bits per heavy atom. The van der Waals surface area contributed by atoms with Crippen LogP contribution >= 0.6 is 0 Å². The number of fused-ring (bicyclic) bond motifs is 1. The molecule has 0 aliphatic heterocycles. The van der Waals surface area contributed by atoms with E-state index in [0.29, 0.717) is 0 Å². The molecule has 0 bridgehead atoms. The van der Waals surface area contributed by atoms with Crippen LogP contribution in [0, 0.1) is 0 Å². The molecule has 0 saturated carbocycles. The molecule has 0 spiro atoms. The molecule has 1 aromatic carbocycles. The molecule has 0 aromatic heterocycles. The highest BCUT2D eigenvalue weighted by molar-refractivity contribution is 5.31. The van der Waals surface area contributed by atoms with Gasteiger partial charge < -0.3 is 0 Å². The van der Waals surface area contributed by atoms with Gasteiger partial charge in [-0.1, -0.05) is 38.6 Å². The summed E-state index contributed by atoms with van der Waals surface area (Å²) in [5.74, 6) is 0.792. The Labute approximate surface area is 75.6 Å². The maximum absolute atomic E-state index is 2.33. The van der Waals surface area contributed by atoms with Gasteiger partial charge in [0.15, 0.2) is 0 Å². The van der Waals surface area contributed by atoms with Crippen molar-refractivity contribution in [3.8, 4) is 0 Å². The van der Waals surface area contributed by atoms with Gasteiger partial charge in [-0.25, -0.2) is 0 Å². The highest BCUT2D eigenvalue weighted by atomic mass is 14.2. The van der Waals surface area contributed by atoms with Gasteiger partial charge >= 0.3 is 0 Å². The molecular weight excluding hydrogens is 144 g/mol. The van der Waals surface area contributed by atoms with Crippen molar-refractivity contribution in [3.05, 3.63) is 35.4 Å². The lowest BCUT2D eigenvalue weighted by Crippen LogP contribution is -2.05. The summed E-state index contributed by atoms with van der Waals surface area (Å²) in [6.45, 7) is 2.33. The molecule has 0 saturated heterocycles. The van der Waals surface area contributed by atoms with Crippen LogP contribution in [-0.2, 0) is 6.42 Å². The minimum Gasteiger partial charge on any atom is -0.0776 e. The second-order valence-corrected chi connectivity index (χ2v) is 3.49. The summed E-state index contributed by atoms with van der Waals surface area (Å²) < 4.78 is 0. The van der Waals surface area contributed by atoms with Crippen LogP contribution in [0.25, 0.3) is 0 Å². The van der Waals surface area contributed by atoms with Gasteiger partial charge in [0.2, 0.25) is 0 Å². The molecular formula is C12H18. The fraction of sp³-hybridized carbons (Fsp3) is 0.500. The minimum absolute atomic E-state index is 0. The Morgan fingerprint density at radius 3 is 2.75 bits per heavy atom. The number of benzene rings is 1. The summed E-state index contributed by atoms with van der Waals surface area (Å²) >= 11 is 0. The molecule has 0 nitrogen and oxygen atoms in total. The predicted molar refractivity (Wildman–Crippen MR) is 54.5 cm³/mol. The zero-order valence-electron chi connectivity index (χ0n) is 7.01. The highest BCUT2D eigenvalue weighted by Crippen LogP contribution is 2.30. The summed E-state index contributed by atoms with van der Waals surface area (Å²) in [5.41, 5.74) is 3.16. The Bertz CT molecular complexity index is 250. The lowest BCUT2D eigenvalue weighted by atomic mass is 9.84. The van der Waals surface area contributed by atoms with E-state index in [-0.39, 0.29) is 7.43 Å². The van der Waals surface area contributed by atoms with Crippen LogP contribution < -0.4 is 0 Å². The summed E-state index contributed by atoms with van der Waals surface area (Å²) in [6, 6.07) is 8.85. The SMILES string of the molecule is C.C[C@@H]1CCCc2ccccc21. The fourth-order valence-electron chi connectivity index (χ4n) is 2.00. The maximum atomic E-state index is 2.33. The molecule has 0 N–H and O–H groups in total. The van der Waals surface area contributed by atoms with E-state index in [1.165, 1.54) is 19.3 Å². The third kappa shape index (κ3) is 1.52. The summed E-state index contributed by atoms with van der Waals surface area (Å²) in [5, 5.41) is 0. The van der Waals surface area contributed by atoms with Gasteiger partial charge in [-0.3, -0.25) is 0 Å². The monoisotopic (exact) mass is 162 g/mol. The quantitative estimate of drug-likeness (QED) is 0.545. The van der Waals surface area contributed by atoms with Crippen molar-refractivity contribution in [3.63, 3.8) is 0 Å². The topological polar surface area (TPSA) is 0 Å². The molecule has 66 valence electrons. The van der Waals surface area contributed by atoms with Gasteiger partial charge in [-0.2, -0.15) is 0 Å². The average molecular weight is 162 g/mol. The number of rotatable bonds is 0. The molecule has 0 heteroatoms. The Kier molecular flexibility index (Phi) is 2.91. The van der Waals surface area contributed by atoms with Gasteiger partial charge in [0.1, 0.15) is 0 Å². The number of hydrogen-bond acceptors (Lipinski definition) is 0. The Hall–Kier alpha value is -0.780. The molecule has 0 unspecified atom stereocenters. The number of aryl methyl sites for hydroxylation is 1. The van der Waals surface area contributed by atoms with Crippen molar-refractivity contribution in [1.82, 2.24) is 0 Å². The van der Waals surface area contributed by atoms with E-state index in [2.05, 4.69) is 31.2 Å². The molecule has 2 rings (SSSR count). The van der Waals surface area contributed by atoms with Crippen LogP contribution in [0.15, 0.2) is 24.3 Å². The molecule has 0 heterocycles. The van der Waals surface area contributed by atoms with Crippen LogP contribution in [0.1, 0.15) is 44.2 Å². The van der Waals surface area contributed by atoms with E-state index in [1.807, 2.05) is 0 Å². The van der Waals surface area contributed by atoms with Crippen LogP contribution in [0.4, 0.5) is 0 Å². The van der Waals surface area contributed by atoms with Crippen LogP contribution in [0.3, 0.4) is 0 Å². The van der Waals surface area contributed by atoms with Crippen molar-refractivity contribution in [1.29, 1.82) is 0 Å². The Balaban J connectivity index is 0.000000720. The van der Waals surface area contributed by atoms with E-state index < -0.39 is 0 Å². The van der Waals surface area contributed by atoms with Crippen molar-refractivity contribution < 1.29 is 0 Å². The Morgan fingerprint density at radius 1 is 1.25 bits per heavy atom. The van der Waals surface area contributed by atoms with Crippen LogP contribution in [0.2, 0.25) is 0 Å². The smallest absolute Gasteiger partial charge is 0.0188 e. The molecule has 1 aromatic rings. The normalized spacial score (nSPS) is 20.9. The van der Waals surface area contributed by atoms with E-state index >= 15 is 0 Å². The van der Waals surface area contributed by atoms with Gasteiger partial charge in [0.05, 0.1) is 0 Å². The summed E-state index contributed by atoms with van der Waals surface area (Å²) in [4.78, 5) is 0. The third-order valence-corrected chi connectivity index (χ3v) is 2.67. The minimum atomic E-state index is 0. The van der Waals surface area contributed by atoms with E-state index in [9.17, 15) is 0 Å². The molecule has 1 aliphatic carbocycles. The zero-order valence-corrected chi connectivity index (χ0v) is 7.01. The van der Waals surface area contributed by atoms with Crippen LogP contribution in [-0.4, -0.2) is 0 Å². The van der Waals surface area contributed by atoms with E-state index in [4.69, 9.17) is 0 Å². The second-order valence-electron chi connectivity index (χ2n) is 3.49. The zero-order chi connectivity index (χ0) is 7.68. The maximum Gasteiger partial charge on any atom is -0.0188 e. The molecule has 0 radical (unpaired) electrons. The first-order chi connectivity index (χ1) is 5.38. The number of hydrogen-bond donors (Lipinski definition) is 0. The molecule has 12 heavy (non-hydrogen) atoms. The highest BCUT2D eigenvalue weighted by Gasteiger charge is 2.14.